The second kappa shape index (κ2) is 3.23. The van der Waals surface area contributed by atoms with Crippen molar-refractivity contribution in [2.75, 3.05) is 0 Å². The van der Waals surface area contributed by atoms with E-state index in [1.165, 1.54) is 0 Å². The third-order valence-electron chi connectivity index (χ3n) is 2.27. The molecule has 2 atom stereocenters. The van der Waals surface area contributed by atoms with Crippen molar-refractivity contribution >= 4 is 0 Å². The third-order valence-corrected chi connectivity index (χ3v) is 2.27. The lowest BCUT2D eigenvalue weighted by molar-refractivity contribution is -0.471. The summed E-state index contributed by atoms with van der Waals surface area (Å²) < 4.78 is 0. The van der Waals surface area contributed by atoms with Gasteiger partial charge in [-0.3, -0.25) is 0 Å². The molecule has 0 aromatic heterocycles. The Morgan fingerprint density at radius 3 is 1.23 bits per heavy atom. The SMILES string of the molecule is CC(C)(C)[C@H]1OOO[C@@H]1C(C)(C)C. The molecule has 0 radical (unpaired) electrons. The van der Waals surface area contributed by atoms with Gasteiger partial charge < -0.3 is 0 Å². The summed E-state index contributed by atoms with van der Waals surface area (Å²) >= 11 is 0. The molecule has 3 nitrogen and oxygen atoms in total. The standard InChI is InChI=1S/C10H20O3/c1-9(2,3)7-8(10(4,5)6)12-13-11-7/h7-8H,1-6H3/t7-,8-/m0/s1. The summed E-state index contributed by atoms with van der Waals surface area (Å²) in [7, 11) is 0. The topological polar surface area (TPSA) is 27.7 Å². The lowest BCUT2D eigenvalue weighted by atomic mass is 9.76. The third kappa shape index (κ3) is 2.42. The largest absolute Gasteiger partial charge is 0.199 e. The van der Waals surface area contributed by atoms with Gasteiger partial charge in [-0.05, 0) is 10.8 Å². The molecule has 0 aromatic carbocycles. The number of hydrogen-bond acceptors (Lipinski definition) is 3. The van der Waals surface area contributed by atoms with E-state index in [0.29, 0.717) is 0 Å². The van der Waals surface area contributed by atoms with Crippen LogP contribution in [0.2, 0.25) is 0 Å². The Kier molecular flexibility index (Phi) is 2.72. The highest BCUT2D eigenvalue weighted by Gasteiger charge is 2.46. The highest BCUT2D eigenvalue weighted by atomic mass is 17.5. The molecule has 0 amide bonds. The van der Waals surface area contributed by atoms with Crippen molar-refractivity contribution in [1.29, 1.82) is 0 Å². The second-order valence-electron chi connectivity index (χ2n) is 5.83. The zero-order chi connectivity index (χ0) is 10.3. The van der Waals surface area contributed by atoms with E-state index in [0.717, 1.165) is 0 Å². The van der Waals surface area contributed by atoms with Crippen molar-refractivity contribution in [3.05, 3.63) is 0 Å². The minimum absolute atomic E-state index is 0.00694. The Hall–Kier alpha value is -0.120. The van der Waals surface area contributed by atoms with Gasteiger partial charge in [0.15, 0.2) is 0 Å². The van der Waals surface area contributed by atoms with Gasteiger partial charge in [-0.2, -0.15) is 9.78 Å². The minimum atomic E-state index is -0.00694. The van der Waals surface area contributed by atoms with Crippen molar-refractivity contribution in [2.24, 2.45) is 10.8 Å². The van der Waals surface area contributed by atoms with E-state index in [-0.39, 0.29) is 23.0 Å². The molecule has 78 valence electrons. The Balaban J connectivity index is 2.76. The van der Waals surface area contributed by atoms with Crippen LogP contribution in [0.25, 0.3) is 0 Å². The molecule has 0 unspecified atom stereocenters. The van der Waals surface area contributed by atoms with Crippen LogP contribution in [0.3, 0.4) is 0 Å². The average molecular weight is 188 g/mol. The summed E-state index contributed by atoms with van der Waals surface area (Å²) in [5.74, 6) is 0. The molecule has 1 rings (SSSR count). The Labute approximate surface area is 80.2 Å². The molecular formula is C10H20O3. The molecule has 0 saturated carbocycles. The quantitative estimate of drug-likeness (QED) is 0.547. The summed E-state index contributed by atoms with van der Waals surface area (Å²) in [6, 6.07) is 0. The van der Waals surface area contributed by atoms with E-state index < -0.39 is 0 Å². The van der Waals surface area contributed by atoms with Gasteiger partial charge in [-0.15, -0.1) is 0 Å². The highest BCUT2D eigenvalue weighted by Crippen LogP contribution is 2.38. The highest BCUT2D eigenvalue weighted by molar-refractivity contribution is 4.89. The molecule has 1 saturated heterocycles. The summed E-state index contributed by atoms with van der Waals surface area (Å²) in [5, 5.41) is 4.62. The van der Waals surface area contributed by atoms with Crippen LogP contribution in [-0.4, -0.2) is 12.2 Å². The van der Waals surface area contributed by atoms with Gasteiger partial charge in [0.05, 0.1) is 0 Å². The fraction of sp³-hybridized carbons (Fsp3) is 1.00. The molecule has 13 heavy (non-hydrogen) atoms. The maximum Gasteiger partial charge on any atom is 0.131 e. The number of rotatable bonds is 0. The first-order valence-electron chi connectivity index (χ1n) is 4.72. The summed E-state index contributed by atoms with van der Waals surface area (Å²) in [5.41, 5.74) is 0.0723. The number of hydrogen-bond donors (Lipinski definition) is 0. The van der Waals surface area contributed by atoms with Crippen LogP contribution in [0.1, 0.15) is 41.5 Å². The van der Waals surface area contributed by atoms with Gasteiger partial charge in [0.1, 0.15) is 12.2 Å². The molecule has 0 N–H and O–H groups in total. The second-order valence-corrected chi connectivity index (χ2v) is 5.83. The summed E-state index contributed by atoms with van der Waals surface area (Å²) in [6.07, 6.45) is -0.0139. The average Bonchev–Trinajstić information content (AvgIpc) is 2.27. The lowest BCUT2D eigenvalue weighted by Gasteiger charge is -2.33. The van der Waals surface area contributed by atoms with Gasteiger partial charge in [-0.25, -0.2) is 0 Å². The van der Waals surface area contributed by atoms with E-state index in [4.69, 9.17) is 9.78 Å². The smallest absolute Gasteiger partial charge is 0.131 e. The first kappa shape index (κ1) is 11.0. The van der Waals surface area contributed by atoms with Gasteiger partial charge >= 0.3 is 0 Å². The summed E-state index contributed by atoms with van der Waals surface area (Å²) in [6.45, 7) is 12.7. The molecule has 0 bridgehead atoms. The molecule has 3 heteroatoms. The fourth-order valence-corrected chi connectivity index (χ4v) is 1.41. The monoisotopic (exact) mass is 188 g/mol. The lowest BCUT2D eigenvalue weighted by Crippen LogP contribution is -2.42. The first-order valence-corrected chi connectivity index (χ1v) is 4.72. The molecule has 0 aromatic rings. The molecule has 1 aliphatic heterocycles. The molecule has 1 fully saturated rings. The summed E-state index contributed by atoms with van der Waals surface area (Å²) in [4.78, 5) is 10.3. The van der Waals surface area contributed by atoms with E-state index in [1.54, 1.807) is 0 Å². The van der Waals surface area contributed by atoms with Gasteiger partial charge in [0, 0.05) is 0 Å². The zero-order valence-electron chi connectivity index (χ0n) is 9.38. The van der Waals surface area contributed by atoms with Crippen LogP contribution in [0.15, 0.2) is 0 Å². The molecule has 0 spiro atoms. The van der Waals surface area contributed by atoms with Crippen LogP contribution in [0.4, 0.5) is 0 Å². The van der Waals surface area contributed by atoms with Crippen LogP contribution in [0, 0.1) is 10.8 Å². The van der Waals surface area contributed by atoms with Crippen LogP contribution < -0.4 is 0 Å². The van der Waals surface area contributed by atoms with E-state index in [2.05, 4.69) is 46.6 Å². The van der Waals surface area contributed by atoms with Gasteiger partial charge in [-0.1, -0.05) is 46.6 Å². The van der Waals surface area contributed by atoms with E-state index in [9.17, 15) is 0 Å². The van der Waals surface area contributed by atoms with Crippen LogP contribution in [0.5, 0.6) is 0 Å². The Bertz CT molecular complexity index is 156. The Morgan fingerprint density at radius 1 is 0.692 bits per heavy atom. The van der Waals surface area contributed by atoms with Crippen molar-refractivity contribution in [3.63, 3.8) is 0 Å². The van der Waals surface area contributed by atoms with E-state index in [1.807, 2.05) is 0 Å². The normalized spacial score (nSPS) is 30.9. The predicted molar refractivity (Wildman–Crippen MR) is 49.7 cm³/mol. The molecule has 0 aliphatic carbocycles. The maximum atomic E-state index is 5.13. The van der Waals surface area contributed by atoms with Gasteiger partial charge in [0.25, 0.3) is 0 Å². The van der Waals surface area contributed by atoms with Crippen molar-refractivity contribution in [1.82, 2.24) is 0 Å². The van der Waals surface area contributed by atoms with Gasteiger partial charge in [0.2, 0.25) is 0 Å². The predicted octanol–water partition coefficient (Wildman–Crippen LogP) is 2.71. The molecule has 1 aliphatic rings. The maximum absolute atomic E-state index is 5.13. The van der Waals surface area contributed by atoms with Crippen LogP contribution in [-0.2, 0) is 14.8 Å². The van der Waals surface area contributed by atoms with Crippen LogP contribution >= 0.6 is 0 Å². The van der Waals surface area contributed by atoms with Crippen molar-refractivity contribution in [3.8, 4) is 0 Å². The minimum Gasteiger partial charge on any atom is -0.199 e. The van der Waals surface area contributed by atoms with Crippen molar-refractivity contribution in [2.45, 2.75) is 53.8 Å². The first-order chi connectivity index (χ1) is 5.73. The molecular weight excluding hydrogens is 168 g/mol. The Morgan fingerprint density at radius 2 is 1.00 bits per heavy atom. The van der Waals surface area contributed by atoms with Crippen molar-refractivity contribution < 1.29 is 14.8 Å². The van der Waals surface area contributed by atoms with E-state index >= 15 is 0 Å². The zero-order valence-corrected chi connectivity index (χ0v) is 9.38. The fourth-order valence-electron chi connectivity index (χ4n) is 1.41. The molecule has 1 heterocycles.